The van der Waals surface area contributed by atoms with E-state index in [1.54, 1.807) is 11.3 Å². The third kappa shape index (κ3) is 3.92. The molecule has 1 heterocycles. The molecule has 0 aliphatic rings. The molecule has 2 atom stereocenters. The van der Waals surface area contributed by atoms with Crippen molar-refractivity contribution in [2.24, 2.45) is 5.92 Å². The topological polar surface area (TPSA) is 12.0 Å². The van der Waals surface area contributed by atoms with E-state index in [-0.39, 0.29) is 0 Å². The van der Waals surface area contributed by atoms with Gasteiger partial charge in [-0.05, 0) is 55.1 Å². The Morgan fingerprint density at radius 3 is 2.77 bits per heavy atom. The highest BCUT2D eigenvalue weighted by molar-refractivity contribution is 7.07. The molecule has 1 N–H and O–H groups in total. The number of nitrogens with one attached hydrogen (secondary N) is 1. The summed E-state index contributed by atoms with van der Waals surface area (Å²) in [6, 6.07) is 2.86. The molecule has 1 aromatic heterocycles. The molecule has 0 saturated carbocycles. The third-order valence-corrected chi connectivity index (χ3v) is 3.15. The first-order valence-corrected chi connectivity index (χ1v) is 5.85. The minimum absolute atomic E-state index is 0.633. The first kappa shape index (κ1) is 10.7. The van der Waals surface area contributed by atoms with Crippen molar-refractivity contribution in [3.05, 3.63) is 22.4 Å². The zero-order chi connectivity index (χ0) is 9.68. The maximum atomic E-state index is 3.28. The van der Waals surface area contributed by atoms with Crippen LogP contribution in [0.1, 0.15) is 25.8 Å². The molecular weight excluding hydrogens is 178 g/mol. The Kier molecular flexibility index (Phi) is 4.46. The normalized spacial score (nSPS) is 15.6. The predicted octanol–water partition coefficient (Wildman–Crippen LogP) is 2.92. The summed E-state index contributed by atoms with van der Waals surface area (Å²) in [4.78, 5) is 0. The van der Waals surface area contributed by atoms with Crippen LogP contribution in [0.15, 0.2) is 16.8 Å². The molecule has 1 nitrogen and oxygen atoms in total. The molecule has 0 fully saturated rings. The summed E-state index contributed by atoms with van der Waals surface area (Å²) in [5, 5.41) is 7.68. The second-order valence-corrected chi connectivity index (χ2v) is 4.65. The lowest BCUT2D eigenvalue weighted by Gasteiger charge is -2.15. The van der Waals surface area contributed by atoms with Gasteiger partial charge in [0.15, 0.2) is 0 Å². The van der Waals surface area contributed by atoms with E-state index < -0.39 is 0 Å². The van der Waals surface area contributed by atoms with Crippen LogP contribution in [-0.2, 0) is 6.42 Å². The molecule has 0 aliphatic heterocycles. The van der Waals surface area contributed by atoms with Gasteiger partial charge in [-0.25, -0.2) is 0 Å². The lowest BCUT2D eigenvalue weighted by molar-refractivity contribution is 0.440. The zero-order valence-corrected chi connectivity index (χ0v) is 9.53. The Balaban J connectivity index is 2.29. The van der Waals surface area contributed by atoms with Gasteiger partial charge in [-0.1, -0.05) is 6.92 Å². The van der Waals surface area contributed by atoms with Gasteiger partial charge in [-0.2, -0.15) is 11.3 Å². The van der Waals surface area contributed by atoms with Gasteiger partial charge in [0.1, 0.15) is 0 Å². The SMILES string of the molecule is CNC(C)CC(C)Cc1ccsc1. The van der Waals surface area contributed by atoms with Crippen molar-refractivity contribution in [3.8, 4) is 0 Å². The molecule has 74 valence electrons. The lowest BCUT2D eigenvalue weighted by atomic mass is 9.96. The molecule has 0 radical (unpaired) electrons. The highest BCUT2D eigenvalue weighted by Crippen LogP contribution is 2.15. The summed E-state index contributed by atoms with van der Waals surface area (Å²) in [5.41, 5.74) is 1.49. The maximum Gasteiger partial charge on any atom is 0.00383 e. The van der Waals surface area contributed by atoms with Crippen LogP contribution < -0.4 is 5.32 Å². The Morgan fingerprint density at radius 1 is 1.46 bits per heavy atom. The predicted molar refractivity (Wildman–Crippen MR) is 60.3 cm³/mol. The van der Waals surface area contributed by atoms with E-state index in [4.69, 9.17) is 0 Å². The molecule has 0 aromatic carbocycles. The van der Waals surface area contributed by atoms with Crippen LogP contribution in [0.5, 0.6) is 0 Å². The van der Waals surface area contributed by atoms with Gasteiger partial charge in [-0.3, -0.25) is 0 Å². The fraction of sp³-hybridized carbons (Fsp3) is 0.636. The van der Waals surface area contributed by atoms with Crippen LogP contribution >= 0.6 is 11.3 Å². The Labute approximate surface area is 85.2 Å². The Morgan fingerprint density at radius 2 is 2.23 bits per heavy atom. The first-order chi connectivity index (χ1) is 6.22. The van der Waals surface area contributed by atoms with E-state index >= 15 is 0 Å². The second-order valence-electron chi connectivity index (χ2n) is 3.87. The minimum Gasteiger partial charge on any atom is -0.317 e. The molecule has 0 saturated heterocycles. The summed E-state index contributed by atoms with van der Waals surface area (Å²) in [7, 11) is 2.03. The minimum atomic E-state index is 0.633. The molecule has 2 unspecified atom stereocenters. The monoisotopic (exact) mass is 197 g/mol. The third-order valence-electron chi connectivity index (χ3n) is 2.41. The standard InChI is InChI=1S/C11H19NS/c1-9(6-10(2)12-3)7-11-4-5-13-8-11/h4-5,8-10,12H,6-7H2,1-3H3. The van der Waals surface area contributed by atoms with E-state index in [2.05, 4.69) is 36.0 Å². The number of thiophene rings is 1. The first-order valence-electron chi connectivity index (χ1n) is 4.90. The Bertz CT molecular complexity index is 218. The average Bonchev–Trinajstić information content (AvgIpc) is 2.56. The van der Waals surface area contributed by atoms with Crippen LogP contribution in [0.3, 0.4) is 0 Å². The van der Waals surface area contributed by atoms with Crippen molar-refractivity contribution in [1.82, 2.24) is 5.32 Å². The summed E-state index contributed by atoms with van der Waals surface area (Å²) in [5.74, 6) is 0.775. The van der Waals surface area contributed by atoms with Crippen molar-refractivity contribution in [2.75, 3.05) is 7.05 Å². The molecule has 0 aliphatic carbocycles. The number of rotatable bonds is 5. The van der Waals surface area contributed by atoms with Crippen LogP contribution in [0.4, 0.5) is 0 Å². The average molecular weight is 197 g/mol. The number of hydrogen-bond acceptors (Lipinski definition) is 2. The van der Waals surface area contributed by atoms with Crippen molar-refractivity contribution in [3.63, 3.8) is 0 Å². The van der Waals surface area contributed by atoms with Gasteiger partial charge in [-0.15, -0.1) is 0 Å². The lowest BCUT2D eigenvalue weighted by Crippen LogP contribution is -2.24. The molecular formula is C11H19NS. The molecule has 13 heavy (non-hydrogen) atoms. The van der Waals surface area contributed by atoms with Gasteiger partial charge in [0.25, 0.3) is 0 Å². The molecule has 0 spiro atoms. The van der Waals surface area contributed by atoms with Crippen LogP contribution in [0.25, 0.3) is 0 Å². The molecule has 0 amide bonds. The molecule has 1 rings (SSSR count). The van der Waals surface area contributed by atoms with E-state index in [9.17, 15) is 0 Å². The summed E-state index contributed by atoms with van der Waals surface area (Å²) in [6.07, 6.45) is 2.47. The fourth-order valence-electron chi connectivity index (χ4n) is 1.62. The highest BCUT2D eigenvalue weighted by atomic mass is 32.1. The Hall–Kier alpha value is -0.340. The largest absolute Gasteiger partial charge is 0.317 e. The maximum absolute atomic E-state index is 3.28. The smallest absolute Gasteiger partial charge is 0.00383 e. The van der Waals surface area contributed by atoms with E-state index in [1.165, 1.54) is 18.4 Å². The van der Waals surface area contributed by atoms with Gasteiger partial charge < -0.3 is 5.32 Å². The second kappa shape index (κ2) is 5.40. The number of hydrogen-bond donors (Lipinski definition) is 1. The summed E-state index contributed by atoms with van der Waals surface area (Å²) < 4.78 is 0. The van der Waals surface area contributed by atoms with Gasteiger partial charge >= 0.3 is 0 Å². The van der Waals surface area contributed by atoms with Gasteiger partial charge in [0, 0.05) is 6.04 Å². The van der Waals surface area contributed by atoms with Crippen molar-refractivity contribution in [1.29, 1.82) is 0 Å². The molecule has 1 aromatic rings. The fourth-order valence-corrected chi connectivity index (χ4v) is 2.30. The van der Waals surface area contributed by atoms with E-state index in [0.29, 0.717) is 6.04 Å². The quantitative estimate of drug-likeness (QED) is 0.765. The van der Waals surface area contributed by atoms with Crippen LogP contribution in [-0.4, -0.2) is 13.1 Å². The van der Waals surface area contributed by atoms with Crippen molar-refractivity contribution >= 4 is 11.3 Å². The van der Waals surface area contributed by atoms with Crippen LogP contribution in [0.2, 0.25) is 0 Å². The summed E-state index contributed by atoms with van der Waals surface area (Å²) in [6.45, 7) is 4.57. The van der Waals surface area contributed by atoms with E-state index in [1.807, 2.05) is 7.05 Å². The van der Waals surface area contributed by atoms with Gasteiger partial charge in [0.05, 0.1) is 0 Å². The molecule has 0 bridgehead atoms. The van der Waals surface area contributed by atoms with Crippen molar-refractivity contribution in [2.45, 2.75) is 32.7 Å². The highest BCUT2D eigenvalue weighted by Gasteiger charge is 2.07. The van der Waals surface area contributed by atoms with Gasteiger partial charge in [0.2, 0.25) is 0 Å². The van der Waals surface area contributed by atoms with E-state index in [0.717, 1.165) is 5.92 Å². The van der Waals surface area contributed by atoms with Crippen molar-refractivity contribution < 1.29 is 0 Å². The molecule has 2 heteroatoms. The van der Waals surface area contributed by atoms with Crippen LogP contribution in [0, 0.1) is 5.92 Å². The summed E-state index contributed by atoms with van der Waals surface area (Å²) >= 11 is 1.79. The zero-order valence-electron chi connectivity index (χ0n) is 8.71.